The van der Waals surface area contributed by atoms with E-state index in [1.54, 1.807) is 18.4 Å². The van der Waals surface area contributed by atoms with Gasteiger partial charge in [-0.25, -0.2) is 9.97 Å². The zero-order chi connectivity index (χ0) is 14.9. The fourth-order valence-electron chi connectivity index (χ4n) is 3.16. The molecule has 0 radical (unpaired) electrons. The summed E-state index contributed by atoms with van der Waals surface area (Å²) < 4.78 is 5.21. The van der Waals surface area contributed by atoms with Gasteiger partial charge in [-0.1, -0.05) is 0 Å². The quantitative estimate of drug-likeness (QED) is 0.793. The lowest BCUT2D eigenvalue weighted by molar-refractivity contribution is 0.0947. The van der Waals surface area contributed by atoms with Crippen molar-refractivity contribution in [2.45, 2.75) is 44.1 Å². The smallest absolute Gasteiger partial charge is 0.200 e. The van der Waals surface area contributed by atoms with E-state index in [9.17, 15) is 4.79 Å². The molecule has 1 atom stereocenters. The number of Topliss-reactive ketones (excluding diaryl/α,β-unsaturated/α-hetero) is 1. The van der Waals surface area contributed by atoms with Gasteiger partial charge >= 0.3 is 0 Å². The third-order valence-corrected chi connectivity index (χ3v) is 4.49. The summed E-state index contributed by atoms with van der Waals surface area (Å²) in [5, 5.41) is 0. The van der Waals surface area contributed by atoms with E-state index in [0.717, 1.165) is 31.0 Å². The summed E-state index contributed by atoms with van der Waals surface area (Å²) in [6.07, 6.45) is 8.39. The van der Waals surface area contributed by atoms with E-state index in [0.29, 0.717) is 18.1 Å². The number of furan rings is 1. The van der Waals surface area contributed by atoms with E-state index in [-0.39, 0.29) is 11.8 Å². The van der Waals surface area contributed by atoms with E-state index in [1.165, 1.54) is 12.8 Å². The van der Waals surface area contributed by atoms with Gasteiger partial charge in [-0.15, -0.1) is 0 Å². The molecule has 22 heavy (non-hydrogen) atoms. The summed E-state index contributed by atoms with van der Waals surface area (Å²) in [7, 11) is 0. The molecule has 114 valence electrons. The first-order chi connectivity index (χ1) is 10.8. The van der Waals surface area contributed by atoms with Crippen LogP contribution in [0.4, 0.5) is 5.82 Å². The third kappa shape index (κ3) is 2.63. The van der Waals surface area contributed by atoms with Crippen molar-refractivity contribution in [1.29, 1.82) is 0 Å². The van der Waals surface area contributed by atoms with Gasteiger partial charge in [0, 0.05) is 31.1 Å². The molecule has 1 aliphatic heterocycles. The van der Waals surface area contributed by atoms with Gasteiger partial charge < -0.3 is 9.32 Å². The van der Waals surface area contributed by atoms with Crippen molar-refractivity contribution in [2.75, 3.05) is 11.4 Å². The van der Waals surface area contributed by atoms with Gasteiger partial charge in [0.25, 0.3) is 0 Å². The SMILES string of the molecule is O=C(C[C@H]1CCCN1c1ccnc(C2CC2)n1)c1ccco1. The highest BCUT2D eigenvalue weighted by molar-refractivity contribution is 5.94. The molecule has 3 heterocycles. The number of rotatable bonds is 5. The Kier molecular flexibility index (Phi) is 3.41. The van der Waals surface area contributed by atoms with Gasteiger partial charge in [0.1, 0.15) is 11.6 Å². The monoisotopic (exact) mass is 297 g/mol. The molecule has 0 N–H and O–H groups in total. The second-order valence-corrected chi connectivity index (χ2v) is 6.14. The van der Waals surface area contributed by atoms with Crippen LogP contribution in [0.25, 0.3) is 0 Å². The lowest BCUT2D eigenvalue weighted by Crippen LogP contribution is -2.32. The van der Waals surface area contributed by atoms with Crippen LogP contribution in [0.1, 0.15) is 54.4 Å². The molecule has 0 amide bonds. The number of ketones is 1. The number of carbonyl (C=O) groups is 1. The van der Waals surface area contributed by atoms with E-state index in [4.69, 9.17) is 9.40 Å². The number of anilines is 1. The van der Waals surface area contributed by atoms with Gasteiger partial charge in [-0.05, 0) is 43.9 Å². The van der Waals surface area contributed by atoms with Crippen LogP contribution in [-0.4, -0.2) is 28.3 Å². The first kappa shape index (κ1) is 13.5. The molecule has 1 saturated carbocycles. The predicted molar refractivity (Wildman–Crippen MR) is 82.0 cm³/mol. The Morgan fingerprint density at radius 3 is 3.00 bits per heavy atom. The van der Waals surface area contributed by atoms with E-state index >= 15 is 0 Å². The lowest BCUT2D eigenvalue weighted by atomic mass is 10.1. The van der Waals surface area contributed by atoms with Crippen molar-refractivity contribution in [3.8, 4) is 0 Å². The summed E-state index contributed by atoms with van der Waals surface area (Å²) >= 11 is 0. The maximum absolute atomic E-state index is 12.3. The van der Waals surface area contributed by atoms with Crippen LogP contribution in [0.2, 0.25) is 0 Å². The van der Waals surface area contributed by atoms with Crippen LogP contribution in [-0.2, 0) is 0 Å². The van der Waals surface area contributed by atoms with Crippen LogP contribution < -0.4 is 4.90 Å². The Bertz CT molecular complexity index is 664. The predicted octanol–water partition coefficient (Wildman–Crippen LogP) is 3.19. The highest BCUT2D eigenvalue weighted by atomic mass is 16.3. The van der Waals surface area contributed by atoms with Gasteiger partial charge in [0.15, 0.2) is 11.5 Å². The molecule has 1 aliphatic carbocycles. The zero-order valence-electron chi connectivity index (χ0n) is 12.4. The Morgan fingerprint density at radius 1 is 1.32 bits per heavy atom. The van der Waals surface area contributed by atoms with Crippen molar-refractivity contribution in [1.82, 2.24) is 9.97 Å². The normalized spacial score (nSPS) is 21.3. The maximum atomic E-state index is 12.3. The first-order valence-corrected chi connectivity index (χ1v) is 7.97. The summed E-state index contributed by atoms with van der Waals surface area (Å²) in [6, 6.07) is 5.66. The van der Waals surface area contributed by atoms with Crippen molar-refractivity contribution in [3.63, 3.8) is 0 Å². The standard InChI is InChI=1S/C17H19N3O2/c21-14(15-4-2-10-22-15)11-13-3-1-9-20(13)16-7-8-18-17(19-16)12-5-6-12/h2,4,7-8,10,12-13H,1,3,5-6,9,11H2/t13-/m1/s1. The van der Waals surface area contributed by atoms with E-state index in [2.05, 4.69) is 9.88 Å². The van der Waals surface area contributed by atoms with Crippen molar-refractivity contribution >= 4 is 11.6 Å². The molecule has 5 nitrogen and oxygen atoms in total. The minimum atomic E-state index is 0.0679. The number of aromatic nitrogens is 2. The molecule has 2 aromatic heterocycles. The van der Waals surface area contributed by atoms with Crippen molar-refractivity contribution < 1.29 is 9.21 Å². The molecular weight excluding hydrogens is 278 g/mol. The first-order valence-electron chi connectivity index (χ1n) is 7.97. The molecule has 1 saturated heterocycles. The van der Waals surface area contributed by atoms with Gasteiger partial charge in [0.05, 0.1) is 6.26 Å². The Morgan fingerprint density at radius 2 is 2.23 bits per heavy atom. The number of nitrogens with zero attached hydrogens (tertiary/aromatic N) is 3. The fourth-order valence-corrected chi connectivity index (χ4v) is 3.16. The highest BCUT2D eigenvalue weighted by Gasteiger charge is 2.31. The molecule has 2 fully saturated rings. The molecule has 2 aliphatic rings. The molecule has 5 heteroatoms. The molecule has 0 bridgehead atoms. The van der Waals surface area contributed by atoms with Crippen LogP contribution in [0.15, 0.2) is 35.1 Å². The molecule has 0 aromatic carbocycles. The summed E-state index contributed by atoms with van der Waals surface area (Å²) in [6.45, 7) is 0.956. The van der Waals surface area contributed by atoms with E-state index < -0.39 is 0 Å². The second kappa shape index (κ2) is 5.55. The van der Waals surface area contributed by atoms with Gasteiger partial charge in [0.2, 0.25) is 0 Å². The van der Waals surface area contributed by atoms with Gasteiger partial charge in [-0.3, -0.25) is 4.79 Å². The second-order valence-electron chi connectivity index (χ2n) is 6.14. The lowest BCUT2D eigenvalue weighted by Gasteiger charge is -2.25. The molecular formula is C17H19N3O2. The minimum Gasteiger partial charge on any atom is -0.461 e. The van der Waals surface area contributed by atoms with Crippen molar-refractivity contribution in [2.24, 2.45) is 0 Å². The third-order valence-electron chi connectivity index (χ3n) is 4.49. The molecule has 2 aromatic rings. The number of hydrogen-bond acceptors (Lipinski definition) is 5. The Labute approximate surface area is 129 Å². The average Bonchev–Trinajstić information content (AvgIpc) is 3.05. The average molecular weight is 297 g/mol. The van der Waals surface area contributed by atoms with Crippen LogP contribution in [0, 0.1) is 0 Å². The largest absolute Gasteiger partial charge is 0.461 e. The molecule has 0 unspecified atom stereocenters. The zero-order valence-corrected chi connectivity index (χ0v) is 12.4. The summed E-state index contributed by atoms with van der Waals surface area (Å²) in [4.78, 5) is 23.6. The highest BCUT2D eigenvalue weighted by Crippen LogP contribution is 2.38. The molecule has 4 rings (SSSR count). The topological polar surface area (TPSA) is 59.2 Å². The number of carbonyl (C=O) groups excluding carboxylic acids is 1. The fraction of sp³-hybridized carbons (Fsp3) is 0.471. The summed E-state index contributed by atoms with van der Waals surface area (Å²) in [5.41, 5.74) is 0. The summed E-state index contributed by atoms with van der Waals surface area (Å²) in [5.74, 6) is 2.99. The van der Waals surface area contributed by atoms with Crippen LogP contribution >= 0.6 is 0 Å². The maximum Gasteiger partial charge on any atom is 0.200 e. The van der Waals surface area contributed by atoms with Crippen LogP contribution in [0.3, 0.4) is 0 Å². The van der Waals surface area contributed by atoms with Crippen molar-refractivity contribution in [3.05, 3.63) is 42.2 Å². The molecule has 0 spiro atoms. The van der Waals surface area contributed by atoms with Gasteiger partial charge in [-0.2, -0.15) is 0 Å². The Hall–Kier alpha value is -2.17. The van der Waals surface area contributed by atoms with Crippen LogP contribution in [0.5, 0.6) is 0 Å². The number of hydrogen-bond donors (Lipinski definition) is 0. The Balaban J connectivity index is 1.51. The minimum absolute atomic E-state index is 0.0679. The van der Waals surface area contributed by atoms with E-state index in [1.807, 2.05) is 12.3 Å².